The van der Waals surface area contributed by atoms with Crippen LogP contribution in [0.5, 0.6) is 0 Å². The average molecular weight is 467 g/mol. The van der Waals surface area contributed by atoms with Gasteiger partial charge in [-0.1, -0.05) is 11.6 Å². The van der Waals surface area contributed by atoms with Gasteiger partial charge in [0.2, 0.25) is 10.0 Å². The lowest BCUT2D eigenvalue weighted by Gasteiger charge is -2.26. The Morgan fingerprint density at radius 1 is 1.31 bits per heavy atom. The minimum atomic E-state index is -3.80. The number of esters is 1. The molecule has 0 aliphatic carbocycles. The molecule has 1 amide bonds. The molecule has 9 nitrogen and oxygen atoms in total. The van der Waals surface area contributed by atoms with E-state index in [1.807, 2.05) is 0 Å². The first kappa shape index (κ1) is 23.6. The summed E-state index contributed by atoms with van der Waals surface area (Å²) in [7, 11) is -5.48. The molecule has 2 rings (SSSR count). The molecule has 1 heterocycles. The van der Waals surface area contributed by atoms with Crippen LogP contribution in [-0.2, 0) is 34.2 Å². The predicted molar refractivity (Wildman–Crippen MR) is 107 cm³/mol. The molecule has 1 saturated heterocycles. The maximum Gasteiger partial charge on any atom is 0.307 e. The number of sulfonamides is 1. The maximum absolute atomic E-state index is 12.4. The van der Waals surface area contributed by atoms with Crippen molar-refractivity contribution >= 4 is 43.3 Å². The molecule has 0 saturated carbocycles. The highest BCUT2D eigenvalue weighted by atomic mass is 35.5. The summed E-state index contributed by atoms with van der Waals surface area (Å²) in [5.74, 6) is -1.35. The quantitative estimate of drug-likeness (QED) is 0.555. The van der Waals surface area contributed by atoms with Crippen LogP contribution in [0.25, 0.3) is 0 Å². The molecule has 12 heteroatoms. The summed E-state index contributed by atoms with van der Waals surface area (Å²) in [5.41, 5.74) is 0. The van der Waals surface area contributed by atoms with Crippen LogP contribution < -0.4 is 4.72 Å². The van der Waals surface area contributed by atoms with Gasteiger partial charge in [0, 0.05) is 24.7 Å². The largest absolute Gasteiger partial charge is 0.452 e. The summed E-state index contributed by atoms with van der Waals surface area (Å²) in [6.07, 6.45) is -1.03. The van der Waals surface area contributed by atoms with Crippen molar-refractivity contribution in [1.29, 1.82) is 0 Å². The Balaban J connectivity index is 1.81. The van der Waals surface area contributed by atoms with Gasteiger partial charge in [0.15, 0.2) is 15.9 Å². The summed E-state index contributed by atoms with van der Waals surface area (Å²) in [4.78, 5) is 25.6. The molecule has 0 aromatic heterocycles. The van der Waals surface area contributed by atoms with E-state index in [4.69, 9.17) is 16.3 Å². The van der Waals surface area contributed by atoms with E-state index in [9.17, 15) is 26.4 Å². The van der Waals surface area contributed by atoms with Crippen molar-refractivity contribution in [1.82, 2.24) is 9.62 Å². The highest BCUT2D eigenvalue weighted by molar-refractivity contribution is 7.91. The Hall–Kier alpha value is -1.69. The van der Waals surface area contributed by atoms with Crippen LogP contribution >= 0.6 is 11.6 Å². The topological polar surface area (TPSA) is 127 Å². The van der Waals surface area contributed by atoms with Gasteiger partial charge in [-0.3, -0.25) is 9.59 Å². The SMILES string of the molecule is C[C@H](OC(=O)CCNS(=O)(=O)c1ccc(Cl)cc1)C(=O)N(C)[C@@H]1CCS(=O)(=O)C1. The zero-order valence-corrected chi connectivity index (χ0v) is 18.4. The number of amides is 1. The van der Waals surface area contributed by atoms with Crippen molar-refractivity contribution in [3.05, 3.63) is 29.3 Å². The number of carbonyl (C=O) groups excluding carboxylic acids is 2. The fourth-order valence-electron chi connectivity index (χ4n) is 2.84. The molecule has 29 heavy (non-hydrogen) atoms. The zero-order valence-electron chi connectivity index (χ0n) is 16.0. The molecular weight excluding hydrogens is 444 g/mol. The summed E-state index contributed by atoms with van der Waals surface area (Å²) < 4.78 is 54.7. The lowest BCUT2D eigenvalue weighted by atomic mass is 10.2. The molecule has 0 bridgehead atoms. The Morgan fingerprint density at radius 3 is 2.48 bits per heavy atom. The van der Waals surface area contributed by atoms with E-state index in [2.05, 4.69) is 4.72 Å². The molecule has 1 aliphatic rings. The minimum absolute atomic E-state index is 0.00644. The highest BCUT2D eigenvalue weighted by Gasteiger charge is 2.34. The smallest absolute Gasteiger partial charge is 0.307 e. The Kier molecular flexibility index (Phi) is 7.66. The molecule has 0 unspecified atom stereocenters. The first-order chi connectivity index (χ1) is 13.4. The van der Waals surface area contributed by atoms with Crippen molar-refractivity contribution in [2.75, 3.05) is 25.1 Å². The molecule has 1 aliphatic heterocycles. The molecule has 1 aromatic rings. The van der Waals surface area contributed by atoms with Gasteiger partial charge >= 0.3 is 5.97 Å². The van der Waals surface area contributed by atoms with Crippen molar-refractivity contribution < 1.29 is 31.2 Å². The van der Waals surface area contributed by atoms with Gasteiger partial charge < -0.3 is 9.64 Å². The maximum atomic E-state index is 12.4. The van der Waals surface area contributed by atoms with Crippen molar-refractivity contribution in [2.24, 2.45) is 0 Å². The van der Waals surface area contributed by atoms with E-state index in [0.29, 0.717) is 11.4 Å². The van der Waals surface area contributed by atoms with E-state index in [1.54, 1.807) is 0 Å². The van der Waals surface area contributed by atoms with E-state index in [-0.39, 0.29) is 29.4 Å². The summed E-state index contributed by atoms with van der Waals surface area (Å²) in [5, 5.41) is 0.395. The third-order valence-electron chi connectivity index (χ3n) is 4.50. The Labute approximate surface area is 175 Å². The molecule has 0 spiro atoms. The average Bonchev–Trinajstić information content (AvgIpc) is 3.00. The molecule has 162 valence electrons. The molecule has 1 aromatic carbocycles. The Morgan fingerprint density at radius 2 is 1.93 bits per heavy atom. The van der Waals surface area contributed by atoms with Gasteiger partial charge in [0.05, 0.1) is 22.8 Å². The second-order valence-electron chi connectivity index (χ2n) is 6.74. The normalized spacial score (nSPS) is 19.5. The molecular formula is C17H23ClN2O7S2. The molecule has 1 fully saturated rings. The van der Waals surface area contributed by atoms with Crippen molar-refractivity contribution in [2.45, 2.75) is 36.8 Å². The van der Waals surface area contributed by atoms with Crippen LogP contribution in [0.4, 0.5) is 0 Å². The number of ether oxygens (including phenoxy) is 1. The third-order valence-corrected chi connectivity index (χ3v) is 7.98. The van der Waals surface area contributed by atoms with Crippen LogP contribution in [0.15, 0.2) is 29.2 Å². The number of nitrogens with zero attached hydrogens (tertiary/aromatic N) is 1. The number of benzene rings is 1. The number of carbonyl (C=O) groups is 2. The number of nitrogens with one attached hydrogen (secondary N) is 1. The highest BCUT2D eigenvalue weighted by Crippen LogP contribution is 2.18. The van der Waals surface area contributed by atoms with E-state index < -0.39 is 43.9 Å². The van der Waals surface area contributed by atoms with Crippen LogP contribution in [0.2, 0.25) is 5.02 Å². The first-order valence-corrected chi connectivity index (χ1v) is 12.5. The first-order valence-electron chi connectivity index (χ1n) is 8.83. The van der Waals surface area contributed by atoms with Crippen LogP contribution in [0, 0.1) is 0 Å². The van der Waals surface area contributed by atoms with Gasteiger partial charge in [-0.25, -0.2) is 21.6 Å². The van der Waals surface area contributed by atoms with Gasteiger partial charge in [-0.05, 0) is 37.6 Å². The number of hydrogen-bond acceptors (Lipinski definition) is 7. The summed E-state index contributed by atoms with van der Waals surface area (Å²) in [6, 6.07) is 5.10. The standard InChI is InChI=1S/C17H23ClN2O7S2/c1-12(17(22)20(2)14-8-10-28(23,24)11-14)27-16(21)7-9-19-29(25,26)15-5-3-13(18)4-6-15/h3-6,12,14,19H,7-11H2,1-2H3/t12-,14+/m0/s1. The lowest BCUT2D eigenvalue weighted by molar-refractivity contribution is -0.159. The summed E-state index contributed by atoms with van der Waals surface area (Å²) >= 11 is 5.72. The van der Waals surface area contributed by atoms with Crippen LogP contribution in [0.3, 0.4) is 0 Å². The number of rotatable bonds is 8. The van der Waals surface area contributed by atoms with E-state index in [0.717, 1.165) is 0 Å². The van der Waals surface area contributed by atoms with Crippen molar-refractivity contribution in [3.63, 3.8) is 0 Å². The number of hydrogen-bond donors (Lipinski definition) is 1. The fraction of sp³-hybridized carbons (Fsp3) is 0.529. The monoisotopic (exact) mass is 466 g/mol. The molecule has 1 N–H and O–H groups in total. The van der Waals surface area contributed by atoms with Crippen LogP contribution in [-0.4, -0.2) is 70.9 Å². The van der Waals surface area contributed by atoms with Crippen molar-refractivity contribution in [3.8, 4) is 0 Å². The summed E-state index contributed by atoms with van der Waals surface area (Å²) in [6.45, 7) is 1.18. The van der Waals surface area contributed by atoms with Gasteiger partial charge in [0.1, 0.15) is 0 Å². The molecule has 0 radical (unpaired) electrons. The number of halogens is 1. The van der Waals surface area contributed by atoms with E-state index >= 15 is 0 Å². The number of sulfone groups is 1. The van der Waals surface area contributed by atoms with Gasteiger partial charge in [-0.15, -0.1) is 0 Å². The minimum Gasteiger partial charge on any atom is -0.452 e. The third kappa shape index (κ3) is 6.66. The second kappa shape index (κ2) is 9.41. The second-order valence-corrected chi connectivity index (χ2v) is 11.2. The van der Waals surface area contributed by atoms with Gasteiger partial charge in [-0.2, -0.15) is 0 Å². The van der Waals surface area contributed by atoms with E-state index in [1.165, 1.54) is 43.1 Å². The predicted octanol–water partition coefficient (Wildman–Crippen LogP) is 0.586. The molecule has 2 atom stereocenters. The lowest BCUT2D eigenvalue weighted by Crippen LogP contribution is -2.44. The zero-order chi connectivity index (χ0) is 21.8. The van der Waals surface area contributed by atoms with Crippen LogP contribution in [0.1, 0.15) is 19.8 Å². The Bertz CT molecular complexity index is 962. The number of likely N-dealkylation sites (N-methyl/N-ethyl adjacent to an activating group) is 1. The van der Waals surface area contributed by atoms with Gasteiger partial charge in [0.25, 0.3) is 5.91 Å². The fourth-order valence-corrected chi connectivity index (χ4v) is 5.77.